The molecule has 0 fully saturated rings. The van der Waals surface area contributed by atoms with Crippen LogP contribution in [0.25, 0.3) is 0 Å². The third-order valence-corrected chi connectivity index (χ3v) is 7.26. The third-order valence-electron chi connectivity index (χ3n) is 3.19. The number of hydrogen-bond donors (Lipinski definition) is 2. The minimum absolute atomic E-state index is 0.291. The van der Waals surface area contributed by atoms with Gasteiger partial charge in [-0.05, 0) is 0 Å². The molecule has 138 valence electrons. The van der Waals surface area contributed by atoms with Crippen molar-refractivity contribution >= 4 is 56.1 Å². The average Bonchev–Trinajstić information content (AvgIpc) is 2.49. The second-order valence-corrected chi connectivity index (χ2v) is 17.9. The molecule has 0 aliphatic carbocycles. The van der Waals surface area contributed by atoms with Crippen molar-refractivity contribution in [1.82, 2.24) is 0 Å². The Bertz CT molecular complexity index is 871. The molecule has 0 aliphatic heterocycles. The number of hydrogen-bond acceptors (Lipinski definition) is 3. The first-order chi connectivity index (χ1) is 11.5. The van der Waals surface area contributed by atoms with Gasteiger partial charge in [-0.3, -0.25) is 0 Å². The Morgan fingerprint density at radius 3 is 2.40 bits per heavy atom. The van der Waals surface area contributed by atoms with Crippen LogP contribution >= 0.6 is 34.7 Å². The molecule has 4 nitrogen and oxygen atoms in total. The molecular weight excluding hydrogens is 583 g/mol. The molecule has 0 aromatic heterocycles. The quantitative estimate of drug-likeness (QED) is 0.267. The third kappa shape index (κ3) is 5.61. The van der Waals surface area contributed by atoms with Crippen molar-refractivity contribution < 1.29 is 21.6 Å². The van der Waals surface area contributed by atoms with Gasteiger partial charge in [0.05, 0.1) is 0 Å². The summed E-state index contributed by atoms with van der Waals surface area (Å²) in [6.07, 6.45) is -4.60. The van der Waals surface area contributed by atoms with Gasteiger partial charge in [0.2, 0.25) is 0 Å². The van der Waals surface area contributed by atoms with Gasteiger partial charge >= 0.3 is 162 Å². The molecule has 0 amide bonds. The maximum atomic E-state index is 12.8. The first kappa shape index (κ1) is 20.6. The van der Waals surface area contributed by atoms with Gasteiger partial charge in [0.15, 0.2) is 0 Å². The average molecular weight is 598 g/mol. The van der Waals surface area contributed by atoms with E-state index >= 15 is 0 Å². The molecular formula is C15H15F3I2N2O2S. The SMILES string of the molecule is Cc1ccc(NS(=O)(=O)c2cccc(C(F)(F)F)c2)cc1NI(C)I. The van der Waals surface area contributed by atoms with Crippen LogP contribution in [-0.4, -0.2) is 13.3 Å². The molecule has 0 radical (unpaired) electrons. The fraction of sp³-hybridized carbons (Fsp3) is 0.200. The number of alkyl halides is 4. The Hall–Kier alpha value is -0.760. The summed E-state index contributed by atoms with van der Waals surface area (Å²) in [7, 11) is -4.12. The van der Waals surface area contributed by atoms with Crippen LogP contribution < -0.4 is 8.25 Å². The number of halogens is 5. The van der Waals surface area contributed by atoms with Gasteiger partial charge in [0, 0.05) is 0 Å². The molecule has 0 bridgehead atoms. The number of anilines is 2. The first-order valence-corrected chi connectivity index (χ1v) is 17.8. The van der Waals surface area contributed by atoms with E-state index in [1.807, 2.05) is 6.92 Å². The predicted molar refractivity (Wildman–Crippen MR) is 111 cm³/mol. The van der Waals surface area contributed by atoms with Crippen molar-refractivity contribution in [3.8, 4) is 0 Å². The fourth-order valence-corrected chi connectivity index (χ4v) is 5.93. The van der Waals surface area contributed by atoms with Gasteiger partial charge < -0.3 is 0 Å². The predicted octanol–water partition coefficient (Wildman–Crippen LogP) is 5.63. The summed E-state index contributed by atoms with van der Waals surface area (Å²) in [5.74, 6) is 0. The number of sulfonamides is 1. The fourth-order valence-electron chi connectivity index (χ4n) is 1.98. The van der Waals surface area contributed by atoms with Crippen molar-refractivity contribution in [3.63, 3.8) is 0 Å². The minimum atomic E-state index is -4.60. The van der Waals surface area contributed by atoms with Crippen LogP contribution in [-0.2, 0) is 16.2 Å². The standard InChI is InChI=1S/C15H15F3I2N2O2S/c1-10-6-7-12(9-14(10)21-20(2)19)22-25(23,24)13-5-3-4-11(8-13)15(16,17)18/h3-9,21-22H,1-2H3. The summed E-state index contributed by atoms with van der Waals surface area (Å²) in [5.41, 5.74) is 1.06. The number of nitrogens with one attached hydrogen (secondary N) is 2. The Morgan fingerprint density at radius 2 is 1.80 bits per heavy atom. The van der Waals surface area contributed by atoms with E-state index in [4.69, 9.17) is 0 Å². The number of benzene rings is 2. The van der Waals surface area contributed by atoms with E-state index in [2.05, 4.69) is 31.8 Å². The van der Waals surface area contributed by atoms with Gasteiger partial charge in [0.25, 0.3) is 0 Å². The first-order valence-electron chi connectivity index (χ1n) is 6.83. The van der Waals surface area contributed by atoms with Crippen molar-refractivity contribution in [2.75, 3.05) is 13.2 Å². The van der Waals surface area contributed by atoms with Gasteiger partial charge in [-0.2, -0.15) is 0 Å². The molecule has 0 saturated heterocycles. The monoisotopic (exact) mass is 598 g/mol. The van der Waals surface area contributed by atoms with Crippen molar-refractivity contribution in [1.29, 1.82) is 0 Å². The van der Waals surface area contributed by atoms with Crippen LogP contribution in [0, 0.1) is 6.92 Å². The normalized spacial score (nSPS) is 12.6. The zero-order valence-corrected chi connectivity index (χ0v) is 18.3. The van der Waals surface area contributed by atoms with Crippen LogP contribution in [0.5, 0.6) is 0 Å². The van der Waals surface area contributed by atoms with Crippen molar-refractivity contribution in [2.24, 2.45) is 0 Å². The van der Waals surface area contributed by atoms with E-state index in [0.717, 1.165) is 29.4 Å². The summed E-state index contributed by atoms with van der Waals surface area (Å²) in [5, 5.41) is 0. The van der Waals surface area contributed by atoms with E-state index in [1.54, 1.807) is 18.2 Å². The molecule has 0 atom stereocenters. The summed E-state index contributed by atoms with van der Waals surface area (Å²) in [6, 6.07) is 8.63. The maximum absolute atomic E-state index is 12.8. The van der Waals surface area contributed by atoms with E-state index in [9.17, 15) is 21.6 Å². The van der Waals surface area contributed by atoms with Crippen LogP contribution in [0.3, 0.4) is 0 Å². The van der Waals surface area contributed by atoms with Gasteiger partial charge in [-0.25, -0.2) is 0 Å². The van der Waals surface area contributed by atoms with E-state index in [1.165, 1.54) is 0 Å². The Kier molecular flexibility index (Phi) is 6.46. The van der Waals surface area contributed by atoms with Crippen LogP contribution in [0.1, 0.15) is 11.1 Å². The summed E-state index contributed by atoms with van der Waals surface area (Å²) >= 11 is 0.992. The molecule has 2 aromatic rings. The summed E-state index contributed by atoms with van der Waals surface area (Å²) < 4.78 is 68.8. The molecule has 0 aliphatic rings. The molecule has 2 aromatic carbocycles. The van der Waals surface area contributed by atoms with Crippen LogP contribution in [0.2, 0.25) is 0 Å². The molecule has 0 spiro atoms. The second kappa shape index (κ2) is 7.86. The zero-order valence-electron chi connectivity index (χ0n) is 13.2. The van der Waals surface area contributed by atoms with E-state index < -0.39 is 42.8 Å². The van der Waals surface area contributed by atoms with E-state index in [0.29, 0.717) is 11.8 Å². The molecule has 0 heterocycles. The summed E-state index contributed by atoms with van der Waals surface area (Å²) in [6.45, 7) is 1.89. The van der Waals surface area contributed by atoms with Gasteiger partial charge in [0.1, 0.15) is 0 Å². The van der Waals surface area contributed by atoms with Crippen molar-refractivity contribution in [2.45, 2.75) is 18.0 Å². The summed E-state index contributed by atoms with van der Waals surface area (Å²) in [4.78, 5) is 1.65. The van der Waals surface area contributed by atoms with Gasteiger partial charge in [-0.15, -0.1) is 0 Å². The van der Waals surface area contributed by atoms with Crippen LogP contribution in [0.4, 0.5) is 24.5 Å². The Morgan fingerprint density at radius 1 is 1.12 bits per heavy atom. The number of rotatable bonds is 5. The number of aryl methyl sites for hydroxylation is 1. The molecule has 2 N–H and O–H groups in total. The molecule has 2 rings (SSSR count). The zero-order chi connectivity index (χ0) is 18.8. The van der Waals surface area contributed by atoms with E-state index in [-0.39, 0.29) is 0 Å². The second-order valence-electron chi connectivity index (χ2n) is 5.16. The molecule has 25 heavy (non-hydrogen) atoms. The van der Waals surface area contributed by atoms with Crippen LogP contribution in [0.15, 0.2) is 47.4 Å². The topological polar surface area (TPSA) is 58.2 Å². The molecule has 0 saturated carbocycles. The van der Waals surface area contributed by atoms with Crippen molar-refractivity contribution in [3.05, 3.63) is 53.6 Å². The Labute approximate surface area is 161 Å². The Balaban J connectivity index is 2.33. The molecule has 0 unspecified atom stereocenters. The van der Waals surface area contributed by atoms with Gasteiger partial charge in [-0.1, -0.05) is 0 Å². The molecule has 10 heteroatoms.